The van der Waals surface area contributed by atoms with Crippen molar-refractivity contribution in [2.75, 3.05) is 44.5 Å². The molecule has 0 radical (unpaired) electrons. The van der Waals surface area contributed by atoms with Crippen molar-refractivity contribution >= 4 is 27.5 Å². The Kier molecular flexibility index (Phi) is 6.64. The van der Waals surface area contributed by atoms with Crippen LogP contribution in [0.1, 0.15) is 0 Å². The molecule has 0 saturated heterocycles. The molecule has 1 rings (SSSR count). The zero-order valence-corrected chi connectivity index (χ0v) is 12.8. The Labute approximate surface area is 119 Å². The number of likely N-dealkylation sites (N-methyl/N-ethyl adjacent to an activating group) is 1. The van der Waals surface area contributed by atoms with E-state index in [1.165, 1.54) is 16.1 Å². The third-order valence-electron chi connectivity index (χ3n) is 2.58. The van der Waals surface area contributed by atoms with E-state index in [4.69, 9.17) is 10.5 Å². The van der Waals surface area contributed by atoms with Crippen molar-refractivity contribution < 1.29 is 13.2 Å². The van der Waals surface area contributed by atoms with Crippen molar-refractivity contribution in [1.29, 1.82) is 0 Å². The van der Waals surface area contributed by atoms with E-state index < -0.39 is 10.0 Å². The van der Waals surface area contributed by atoms with E-state index in [0.29, 0.717) is 24.6 Å². The lowest BCUT2D eigenvalue weighted by Crippen LogP contribution is -2.32. The fourth-order valence-corrected chi connectivity index (χ4v) is 3.75. The fraction of sp³-hybridized carbons (Fsp3) is 0.500. The minimum absolute atomic E-state index is 0.113. The summed E-state index contributed by atoms with van der Waals surface area (Å²) in [5, 5.41) is 0. The standard InChI is InChI=1S/C12H20N2O3S2/c1-14(7-8-17-2)19(15,16)10-9-18-12-5-3-11(13)4-6-12/h3-6H,7-10,13H2,1-2H3. The van der Waals surface area contributed by atoms with E-state index in [1.54, 1.807) is 14.2 Å². The Bertz CT molecular complexity index is 474. The highest BCUT2D eigenvalue weighted by Crippen LogP contribution is 2.19. The highest BCUT2D eigenvalue weighted by Gasteiger charge is 2.16. The van der Waals surface area contributed by atoms with E-state index in [2.05, 4.69) is 0 Å². The minimum atomic E-state index is -3.20. The molecule has 0 aliphatic rings. The molecule has 0 aromatic heterocycles. The lowest BCUT2D eigenvalue weighted by Gasteiger charge is -2.16. The number of hydrogen-bond acceptors (Lipinski definition) is 5. The molecule has 0 spiro atoms. The molecule has 0 heterocycles. The van der Waals surface area contributed by atoms with Crippen LogP contribution in [0.25, 0.3) is 0 Å². The minimum Gasteiger partial charge on any atom is -0.399 e. The van der Waals surface area contributed by atoms with E-state index in [0.717, 1.165) is 4.90 Å². The lowest BCUT2D eigenvalue weighted by molar-refractivity contribution is 0.185. The Morgan fingerprint density at radius 3 is 2.53 bits per heavy atom. The third kappa shape index (κ3) is 5.82. The topological polar surface area (TPSA) is 72.6 Å². The van der Waals surface area contributed by atoms with Gasteiger partial charge in [-0.25, -0.2) is 12.7 Å². The molecule has 19 heavy (non-hydrogen) atoms. The number of nitrogen functional groups attached to an aromatic ring is 1. The summed E-state index contributed by atoms with van der Waals surface area (Å²) >= 11 is 1.50. The highest BCUT2D eigenvalue weighted by atomic mass is 32.2. The predicted octanol–water partition coefficient (Wildman–Crippen LogP) is 1.27. The SMILES string of the molecule is COCCN(C)S(=O)(=O)CCSc1ccc(N)cc1. The molecule has 0 fully saturated rings. The first kappa shape index (κ1) is 16.3. The molecule has 0 aliphatic carbocycles. The summed E-state index contributed by atoms with van der Waals surface area (Å²) in [5.74, 6) is 0.631. The van der Waals surface area contributed by atoms with Crippen LogP contribution in [0.4, 0.5) is 5.69 Å². The van der Waals surface area contributed by atoms with Crippen LogP contribution >= 0.6 is 11.8 Å². The van der Waals surface area contributed by atoms with Crippen molar-refractivity contribution in [3.63, 3.8) is 0 Å². The van der Waals surface area contributed by atoms with Crippen LogP contribution in [0.2, 0.25) is 0 Å². The first-order valence-corrected chi connectivity index (χ1v) is 8.46. The summed E-state index contributed by atoms with van der Waals surface area (Å²) in [5.41, 5.74) is 6.29. The van der Waals surface area contributed by atoms with Gasteiger partial charge in [0.15, 0.2) is 0 Å². The summed E-state index contributed by atoms with van der Waals surface area (Å²) in [4.78, 5) is 1.02. The van der Waals surface area contributed by atoms with E-state index in [9.17, 15) is 8.42 Å². The number of benzene rings is 1. The van der Waals surface area contributed by atoms with Crippen molar-refractivity contribution in [3.05, 3.63) is 24.3 Å². The molecule has 0 amide bonds. The second kappa shape index (κ2) is 7.74. The van der Waals surface area contributed by atoms with Gasteiger partial charge in [-0.15, -0.1) is 11.8 Å². The van der Waals surface area contributed by atoms with Crippen molar-refractivity contribution in [3.8, 4) is 0 Å². The average molecular weight is 304 g/mol. The monoisotopic (exact) mass is 304 g/mol. The summed E-state index contributed by atoms with van der Waals surface area (Å²) in [6, 6.07) is 7.39. The first-order chi connectivity index (χ1) is 8.95. The molecule has 7 heteroatoms. The number of nitrogens with two attached hydrogens (primary N) is 1. The first-order valence-electron chi connectivity index (χ1n) is 5.87. The molecule has 5 nitrogen and oxygen atoms in total. The number of sulfonamides is 1. The van der Waals surface area contributed by atoms with E-state index in [1.807, 2.05) is 24.3 Å². The molecule has 0 atom stereocenters. The Morgan fingerprint density at radius 2 is 1.95 bits per heavy atom. The van der Waals surface area contributed by atoms with Gasteiger partial charge in [0.25, 0.3) is 0 Å². The van der Waals surface area contributed by atoms with E-state index >= 15 is 0 Å². The maximum absolute atomic E-state index is 11.9. The maximum atomic E-state index is 11.9. The second-order valence-electron chi connectivity index (χ2n) is 4.05. The number of ether oxygens (including phenoxy) is 1. The molecule has 1 aromatic carbocycles. The smallest absolute Gasteiger partial charge is 0.214 e. The van der Waals surface area contributed by atoms with Gasteiger partial charge >= 0.3 is 0 Å². The number of rotatable bonds is 8. The Morgan fingerprint density at radius 1 is 1.32 bits per heavy atom. The van der Waals surface area contributed by atoms with Gasteiger partial charge in [0.05, 0.1) is 12.4 Å². The van der Waals surface area contributed by atoms with Gasteiger partial charge in [-0.3, -0.25) is 0 Å². The summed E-state index contributed by atoms with van der Waals surface area (Å²) < 4.78 is 30.0. The quantitative estimate of drug-likeness (QED) is 0.578. The normalized spacial score (nSPS) is 11.9. The summed E-state index contributed by atoms with van der Waals surface area (Å²) in [7, 11) is -0.0784. The zero-order chi connectivity index (χ0) is 14.3. The molecule has 0 saturated carbocycles. The van der Waals surface area contributed by atoms with Gasteiger partial charge in [-0.2, -0.15) is 0 Å². The number of thioether (sulfide) groups is 1. The molecular weight excluding hydrogens is 284 g/mol. The summed E-state index contributed by atoms with van der Waals surface area (Å²) in [6.45, 7) is 0.784. The van der Waals surface area contributed by atoms with Gasteiger partial charge in [0.2, 0.25) is 10.0 Å². The van der Waals surface area contributed by atoms with Crippen molar-refractivity contribution in [1.82, 2.24) is 4.31 Å². The van der Waals surface area contributed by atoms with Gasteiger partial charge in [0.1, 0.15) is 0 Å². The van der Waals surface area contributed by atoms with Crippen molar-refractivity contribution in [2.24, 2.45) is 0 Å². The van der Waals surface area contributed by atoms with Crippen molar-refractivity contribution in [2.45, 2.75) is 4.90 Å². The fourth-order valence-electron chi connectivity index (χ4n) is 1.34. The molecule has 1 aromatic rings. The number of methoxy groups -OCH3 is 1. The molecular formula is C12H20N2O3S2. The van der Waals surface area contributed by atoms with Crippen LogP contribution in [0, 0.1) is 0 Å². The van der Waals surface area contributed by atoms with Gasteiger partial charge in [-0.05, 0) is 24.3 Å². The van der Waals surface area contributed by atoms with E-state index in [-0.39, 0.29) is 5.75 Å². The average Bonchev–Trinajstić information content (AvgIpc) is 2.38. The Hall–Kier alpha value is -0.760. The van der Waals surface area contributed by atoms with Crippen LogP contribution in [-0.4, -0.2) is 51.5 Å². The van der Waals surface area contributed by atoms with Gasteiger partial charge < -0.3 is 10.5 Å². The molecule has 2 N–H and O–H groups in total. The summed E-state index contributed by atoms with van der Waals surface area (Å²) in [6.07, 6.45) is 0. The van der Waals surface area contributed by atoms with Gasteiger partial charge in [-0.1, -0.05) is 0 Å². The molecule has 0 aliphatic heterocycles. The number of hydrogen-bond donors (Lipinski definition) is 1. The number of anilines is 1. The van der Waals surface area contributed by atoms with Gasteiger partial charge in [0, 0.05) is 37.0 Å². The van der Waals surface area contributed by atoms with Crippen LogP contribution in [0.3, 0.4) is 0 Å². The van der Waals surface area contributed by atoms with Crippen LogP contribution in [0.5, 0.6) is 0 Å². The number of nitrogens with zero attached hydrogens (tertiary/aromatic N) is 1. The predicted molar refractivity (Wildman–Crippen MR) is 79.9 cm³/mol. The molecule has 0 bridgehead atoms. The zero-order valence-electron chi connectivity index (χ0n) is 11.2. The van der Waals surface area contributed by atoms with Crippen LogP contribution in [-0.2, 0) is 14.8 Å². The molecule has 108 valence electrons. The highest BCUT2D eigenvalue weighted by molar-refractivity contribution is 8.00. The van der Waals surface area contributed by atoms with Crippen LogP contribution < -0.4 is 5.73 Å². The lowest BCUT2D eigenvalue weighted by atomic mass is 10.3. The molecule has 0 unspecified atom stereocenters. The largest absolute Gasteiger partial charge is 0.399 e. The second-order valence-corrected chi connectivity index (χ2v) is 7.41. The van der Waals surface area contributed by atoms with Crippen LogP contribution in [0.15, 0.2) is 29.2 Å². The third-order valence-corrected chi connectivity index (χ3v) is 5.70. The maximum Gasteiger partial charge on any atom is 0.214 e. The Balaban J connectivity index is 2.41.